The Morgan fingerprint density at radius 2 is 1.95 bits per heavy atom. The van der Waals surface area contributed by atoms with Crippen molar-refractivity contribution >= 4 is 10.0 Å². The van der Waals surface area contributed by atoms with Crippen LogP contribution >= 0.6 is 0 Å². The van der Waals surface area contributed by atoms with E-state index in [0.717, 1.165) is 0 Å². The maximum atomic E-state index is 12.9. The van der Waals surface area contributed by atoms with Crippen LogP contribution in [0, 0.1) is 6.92 Å². The monoisotopic (exact) mass is 312 g/mol. The molecule has 1 aliphatic rings. The van der Waals surface area contributed by atoms with Crippen molar-refractivity contribution in [1.82, 2.24) is 9.21 Å². The molecule has 0 aromatic heterocycles. The number of sulfonamides is 1. The van der Waals surface area contributed by atoms with Gasteiger partial charge in [-0.3, -0.25) is 4.90 Å². The molecule has 1 aromatic carbocycles. The molecule has 5 nitrogen and oxygen atoms in total. The van der Waals surface area contributed by atoms with Crippen LogP contribution in [-0.4, -0.2) is 55.0 Å². The molecule has 0 unspecified atom stereocenters. The molecule has 1 aliphatic heterocycles. The largest absolute Gasteiger partial charge is 0.392 e. The molecule has 2 rings (SSSR count). The van der Waals surface area contributed by atoms with Crippen LogP contribution in [0.25, 0.3) is 0 Å². The summed E-state index contributed by atoms with van der Waals surface area (Å²) in [5, 5.41) is 9.23. The van der Waals surface area contributed by atoms with Crippen molar-refractivity contribution in [3.63, 3.8) is 0 Å². The minimum atomic E-state index is -3.52. The van der Waals surface area contributed by atoms with Crippen molar-refractivity contribution < 1.29 is 13.5 Å². The second-order valence-corrected chi connectivity index (χ2v) is 8.24. The minimum Gasteiger partial charge on any atom is -0.392 e. The van der Waals surface area contributed by atoms with Gasteiger partial charge in [-0.2, -0.15) is 4.31 Å². The maximum Gasteiger partial charge on any atom is 0.243 e. The number of hydrogen-bond acceptors (Lipinski definition) is 4. The predicted molar refractivity (Wildman–Crippen MR) is 82.6 cm³/mol. The summed E-state index contributed by atoms with van der Waals surface area (Å²) in [7, 11) is -1.51. The van der Waals surface area contributed by atoms with E-state index in [1.807, 2.05) is 20.9 Å². The quantitative estimate of drug-likeness (QED) is 0.911. The highest BCUT2D eigenvalue weighted by Gasteiger charge is 2.37. The van der Waals surface area contributed by atoms with E-state index in [9.17, 15) is 13.5 Å². The second-order valence-electron chi connectivity index (χ2n) is 6.33. The molecule has 0 aliphatic carbocycles. The summed E-state index contributed by atoms with van der Waals surface area (Å²) in [5.74, 6) is 0. The van der Waals surface area contributed by atoms with Crippen LogP contribution in [0.4, 0.5) is 0 Å². The number of piperazine rings is 1. The first kappa shape index (κ1) is 16.4. The third kappa shape index (κ3) is 3.13. The molecule has 0 radical (unpaired) electrons. The van der Waals surface area contributed by atoms with Gasteiger partial charge in [0.1, 0.15) is 0 Å². The Morgan fingerprint density at radius 1 is 1.29 bits per heavy atom. The number of nitrogens with zero attached hydrogens (tertiary/aromatic N) is 2. The fraction of sp³-hybridized carbons (Fsp3) is 0.600. The first-order chi connectivity index (χ1) is 9.68. The third-order valence-electron chi connectivity index (χ3n) is 4.33. The van der Waals surface area contributed by atoms with Gasteiger partial charge in [-0.05, 0) is 45.0 Å². The summed E-state index contributed by atoms with van der Waals surface area (Å²) in [6, 6.07) is 5.08. The Hall–Kier alpha value is -0.950. The molecular formula is C15H24N2O3S. The molecule has 1 heterocycles. The summed E-state index contributed by atoms with van der Waals surface area (Å²) in [6.45, 7) is 7.40. The molecule has 0 saturated carbocycles. The van der Waals surface area contributed by atoms with Crippen molar-refractivity contribution in [2.45, 2.75) is 37.8 Å². The van der Waals surface area contributed by atoms with Gasteiger partial charge >= 0.3 is 0 Å². The van der Waals surface area contributed by atoms with Crippen LogP contribution in [0.15, 0.2) is 23.1 Å². The number of aryl methyl sites for hydroxylation is 1. The number of likely N-dealkylation sites (N-methyl/N-ethyl adjacent to an activating group) is 1. The molecule has 0 spiro atoms. The summed E-state index contributed by atoms with van der Waals surface area (Å²) in [4.78, 5) is 2.48. The van der Waals surface area contributed by atoms with Crippen LogP contribution in [0.1, 0.15) is 25.0 Å². The fourth-order valence-corrected chi connectivity index (χ4v) is 4.42. The Kier molecular flexibility index (Phi) is 4.44. The summed E-state index contributed by atoms with van der Waals surface area (Å²) in [6.07, 6.45) is 0. The molecular weight excluding hydrogens is 288 g/mol. The Morgan fingerprint density at radius 3 is 2.52 bits per heavy atom. The lowest BCUT2D eigenvalue weighted by molar-refractivity contribution is 0.0801. The van der Waals surface area contributed by atoms with Crippen molar-refractivity contribution in [2.75, 3.05) is 26.7 Å². The highest BCUT2D eigenvalue weighted by Crippen LogP contribution is 2.27. The van der Waals surface area contributed by atoms with Gasteiger partial charge < -0.3 is 5.11 Å². The Labute approximate surface area is 127 Å². The zero-order valence-corrected chi connectivity index (χ0v) is 13.9. The standard InChI is InChI=1S/C15H24N2O3S/c1-12-5-6-13(10-18)9-14(12)21(19,20)17-8-7-16(4)15(2,3)11-17/h5-6,9,18H,7-8,10-11H2,1-4H3. The molecule has 1 aromatic rings. The van der Waals surface area contributed by atoms with Crippen molar-refractivity contribution in [3.05, 3.63) is 29.3 Å². The lowest BCUT2D eigenvalue weighted by Gasteiger charge is -2.44. The van der Waals surface area contributed by atoms with Gasteiger partial charge in [0.25, 0.3) is 0 Å². The second kappa shape index (κ2) is 5.68. The van der Waals surface area contributed by atoms with Gasteiger partial charge in [0.15, 0.2) is 0 Å². The van der Waals surface area contributed by atoms with Crippen molar-refractivity contribution in [2.24, 2.45) is 0 Å². The summed E-state index contributed by atoms with van der Waals surface area (Å²) >= 11 is 0. The number of benzene rings is 1. The van der Waals surface area contributed by atoms with E-state index in [0.29, 0.717) is 35.7 Å². The molecule has 6 heteroatoms. The first-order valence-electron chi connectivity index (χ1n) is 7.10. The van der Waals surface area contributed by atoms with Gasteiger partial charge in [0.2, 0.25) is 10.0 Å². The molecule has 1 N–H and O–H groups in total. The first-order valence-corrected chi connectivity index (χ1v) is 8.54. The average Bonchev–Trinajstić information content (AvgIpc) is 2.42. The molecule has 118 valence electrons. The van der Waals surface area contributed by atoms with Crippen LogP contribution in [0.3, 0.4) is 0 Å². The SMILES string of the molecule is Cc1ccc(CO)cc1S(=O)(=O)N1CCN(C)C(C)(C)C1. The number of aliphatic hydroxyl groups is 1. The van der Waals surface area contributed by atoms with E-state index < -0.39 is 10.0 Å². The summed E-state index contributed by atoms with van der Waals surface area (Å²) in [5.41, 5.74) is 1.14. The van der Waals surface area contributed by atoms with Gasteiger partial charge in [0, 0.05) is 25.2 Å². The lowest BCUT2D eigenvalue weighted by atomic mass is 10.0. The predicted octanol–water partition coefficient (Wildman–Crippen LogP) is 1.20. The van der Waals surface area contributed by atoms with E-state index in [1.54, 1.807) is 29.4 Å². The Balaban J connectivity index is 2.39. The lowest BCUT2D eigenvalue weighted by Crippen LogP contribution is -2.58. The van der Waals surface area contributed by atoms with Crippen molar-refractivity contribution in [1.29, 1.82) is 0 Å². The normalized spacial score (nSPS) is 20.6. The molecule has 0 amide bonds. The van der Waals surface area contributed by atoms with E-state index in [4.69, 9.17) is 0 Å². The highest BCUT2D eigenvalue weighted by atomic mass is 32.2. The van der Waals surface area contributed by atoms with E-state index in [2.05, 4.69) is 4.90 Å². The maximum absolute atomic E-state index is 12.9. The van der Waals surface area contributed by atoms with Gasteiger partial charge in [0.05, 0.1) is 11.5 Å². The number of rotatable bonds is 3. The highest BCUT2D eigenvalue weighted by molar-refractivity contribution is 7.89. The molecule has 21 heavy (non-hydrogen) atoms. The molecule has 0 bridgehead atoms. The van der Waals surface area contributed by atoms with Crippen LogP contribution in [0.2, 0.25) is 0 Å². The van der Waals surface area contributed by atoms with Crippen molar-refractivity contribution in [3.8, 4) is 0 Å². The zero-order chi connectivity index (χ0) is 15.8. The van der Waals surface area contributed by atoms with Crippen LogP contribution in [-0.2, 0) is 16.6 Å². The molecule has 1 saturated heterocycles. The van der Waals surface area contributed by atoms with E-state index in [-0.39, 0.29) is 12.1 Å². The van der Waals surface area contributed by atoms with Crippen LogP contribution in [0.5, 0.6) is 0 Å². The number of hydrogen-bond donors (Lipinski definition) is 1. The average molecular weight is 312 g/mol. The summed E-state index contributed by atoms with van der Waals surface area (Å²) < 4.78 is 27.3. The van der Waals surface area contributed by atoms with E-state index in [1.165, 1.54) is 0 Å². The van der Waals surface area contributed by atoms with Gasteiger partial charge in [-0.25, -0.2) is 8.42 Å². The topological polar surface area (TPSA) is 60.9 Å². The van der Waals surface area contributed by atoms with Gasteiger partial charge in [-0.1, -0.05) is 12.1 Å². The number of aliphatic hydroxyl groups excluding tert-OH is 1. The zero-order valence-electron chi connectivity index (χ0n) is 13.1. The molecule has 1 fully saturated rings. The smallest absolute Gasteiger partial charge is 0.243 e. The fourth-order valence-electron chi connectivity index (χ4n) is 2.56. The third-order valence-corrected chi connectivity index (χ3v) is 6.32. The van der Waals surface area contributed by atoms with E-state index >= 15 is 0 Å². The minimum absolute atomic E-state index is 0.156. The Bertz CT molecular complexity index is 626. The molecule has 0 atom stereocenters. The van der Waals surface area contributed by atoms with Gasteiger partial charge in [-0.15, -0.1) is 0 Å². The van der Waals surface area contributed by atoms with Crippen LogP contribution < -0.4 is 0 Å².